The molecule has 7 heteroatoms. The van der Waals surface area contributed by atoms with E-state index in [4.69, 9.17) is 0 Å². The summed E-state index contributed by atoms with van der Waals surface area (Å²) in [6, 6.07) is 6.21. The third kappa shape index (κ3) is 3.13. The number of nitrogens with zero attached hydrogens (tertiary/aromatic N) is 2. The number of non-ortho nitro benzene ring substituents is 1. The Hall–Kier alpha value is -2.15. The van der Waals surface area contributed by atoms with Crippen LogP contribution in [0.5, 0.6) is 0 Å². The molecule has 1 aromatic heterocycles. The standard InChI is InChI=1S/C14H14N2O4S/c1-8(2)13(14(17)18)21-11-6-5-10(16(19)20)9-4-3-7-15-12(9)11/h3-8,13H,1-2H3,(H,17,18). The number of carboxylic acid groups (broad SMARTS) is 1. The van der Waals surface area contributed by atoms with Crippen LogP contribution in [0.15, 0.2) is 35.4 Å². The van der Waals surface area contributed by atoms with Crippen LogP contribution in [0.1, 0.15) is 13.8 Å². The van der Waals surface area contributed by atoms with Gasteiger partial charge in [-0.15, -0.1) is 11.8 Å². The molecule has 0 radical (unpaired) electrons. The Morgan fingerprint density at radius 2 is 2.10 bits per heavy atom. The molecule has 0 aliphatic rings. The second-order valence-corrected chi connectivity index (χ2v) is 6.04. The monoisotopic (exact) mass is 306 g/mol. The van der Waals surface area contributed by atoms with Crippen molar-refractivity contribution in [2.75, 3.05) is 0 Å². The third-order valence-electron chi connectivity index (χ3n) is 3.01. The summed E-state index contributed by atoms with van der Waals surface area (Å²) in [6.07, 6.45) is 1.54. The molecule has 0 aliphatic carbocycles. The van der Waals surface area contributed by atoms with Gasteiger partial charge in [0.05, 0.1) is 15.8 Å². The number of rotatable bonds is 5. The average molecular weight is 306 g/mol. The molecule has 2 aromatic rings. The van der Waals surface area contributed by atoms with Crippen LogP contribution in [-0.4, -0.2) is 26.2 Å². The van der Waals surface area contributed by atoms with Crippen molar-refractivity contribution in [3.05, 3.63) is 40.6 Å². The smallest absolute Gasteiger partial charge is 0.317 e. The SMILES string of the molecule is CC(C)C(Sc1ccc([N+](=O)[O-])c2cccnc12)C(=O)O. The number of fused-ring (bicyclic) bond motifs is 1. The maximum Gasteiger partial charge on any atom is 0.317 e. The highest BCUT2D eigenvalue weighted by atomic mass is 32.2. The first-order valence-corrected chi connectivity index (χ1v) is 7.21. The van der Waals surface area contributed by atoms with Gasteiger partial charge in [-0.1, -0.05) is 13.8 Å². The van der Waals surface area contributed by atoms with Crippen molar-refractivity contribution in [2.24, 2.45) is 5.92 Å². The molecule has 1 aromatic carbocycles. The number of nitro groups is 1. The fraction of sp³-hybridized carbons (Fsp3) is 0.286. The molecule has 110 valence electrons. The van der Waals surface area contributed by atoms with Crippen molar-refractivity contribution in [2.45, 2.75) is 24.0 Å². The van der Waals surface area contributed by atoms with E-state index in [1.165, 1.54) is 17.8 Å². The molecule has 1 heterocycles. The molecule has 0 saturated carbocycles. The van der Waals surface area contributed by atoms with Crippen molar-refractivity contribution in [3.8, 4) is 0 Å². The van der Waals surface area contributed by atoms with Gasteiger partial charge >= 0.3 is 5.97 Å². The molecule has 0 bridgehead atoms. The Morgan fingerprint density at radius 3 is 2.67 bits per heavy atom. The topological polar surface area (TPSA) is 93.3 Å². The summed E-state index contributed by atoms with van der Waals surface area (Å²) in [6.45, 7) is 3.65. The second-order valence-electron chi connectivity index (χ2n) is 4.86. The molecule has 1 atom stereocenters. The summed E-state index contributed by atoms with van der Waals surface area (Å²) in [5.41, 5.74) is 0.433. The van der Waals surface area contributed by atoms with Gasteiger partial charge in [-0.25, -0.2) is 0 Å². The number of aliphatic carboxylic acids is 1. The zero-order chi connectivity index (χ0) is 15.6. The first-order valence-electron chi connectivity index (χ1n) is 6.33. The van der Waals surface area contributed by atoms with Gasteiger partial charge in [-0.05, 0) is 24.1 Å². The molecule has 0 aliphatic heterocycles. The normalized spacial score (nSPS) is 12.5. The molecule has 2 rings (SSSR count). The first-order chi connectivity index (χ1) is 9.91. The highest BCUT2D eigenvalue weighted by Crippen LogP contribution is 2.36. The van der Waals surface area contributed by atoms with Crippen molar-refractivity contribution in [1.82, 2.24) is 4.98 Å². The predicted molar refractivity (Wildman–Crippen MR) is 80.5 cm³/mol. The molecule has 0 saturated heterocycles. The minimum atomic E-state index is -0.905. The molecule has 21 heavy (non-hydrogen) atoms. The lowest BCUT2D eigenvalue weighted by Crippen LogP contribution is -2.22. The van der Waals surface area contributed by atoms with Gasteiger partial charge in [0.15, 0.2) is 0 Å². The average Bonchev–Trinajstić information content (AvgIpc) is 2.43. The molecule has 0 amide bonds. The van der Waals surface area contributed by atoms with Gasteiger partial charge in [0.1, 0.15) is 5.25 Å². The van der Waals surface area contributed by atoms with Crippen LogP contribution in [0, 0.1) is 16.0 Å². The number of pyridine rings is 1. The van der Waals surface area contributed by atoms with E-state index in [9.17, 15) is 20.0 Å². The van der Waals surface area contributed by atoms with Crippen LogP contribution in [0.25, 0.3) is 10.9 Å². The minimum Gasteiger partial charge on any atom is -0.480 e. The number of hydrogen-bond donors (Lipinski definition) is 1. The molecule has 6 nitrogen and oxygen atoms in total. The molecule has 1 N–H and O–H groups in total. The Labute approximate surface area is 125 Å². The maximum absolute atomic E-state index is 11.3. The second kappa shape index (κ2) is 6.09. The van der Waals surface area contributed by atoms with Crippen molar-refractivity contribution < 1.29 is 14.8 Å². The van der Waals surface area contributed by atoms with Crippen LogP contribution in [0.2, 0.25) is 0 Å². The fourth-order valence-corrected chi connectivity index (χ4v) is 3.06. The number of carboxylic acids is 1. The number of benzene rings is 1. The minimum absolute atomic E-state index is 0.0288. The molecule has 0 fully saturated rings. The quantitative estimate of drug-likeness (QED) is 0.517. The van der Waals surface area contributed by atoms with Crippen LogP contribution in [0.4, 0.5) is 5.69 Å². The van der Waals surface area contributed by atoms with E-state index in [0.29, 0.717) is 15.8 Å². The summed E-state index contributed by atoms with van der Waals surface area (Å²) in [7, 11) is 0. The summed E-state index contributed by atoms with van der Waals surface area (Å²) < 4.78 is 0. The fourth-order valence-electron chi connectivity index (χ4n) is 1.99. The molecule has 1 unspecified atom stereocenters. The van der Waals surface area contributed by atoms with Crippen LogP contribution >= 0.6 is 11.8 Å². The Morgan fingerprint density at radius 1 is 1.38 bits per heavy atom. The van der Waals surface area contributed by atoms with E-state index in [0.717, 1.165) is 0 Å². The number of hydrogen-bond acceptors (Lipinski definition) is 5. The lowest BCUT2D eigenvalue weighted by atomic mass is 10.1. The Balaban J connectivity index is 2.53. The van der Waals surface area contributed by atoms with Crippen molar-refractivity contribution in [3.63, 3.8) is 0 Å². The van der Waals surface area contributed by atoms with E-state index in [2.05, 4.69) is 4.98 Å². The van der Waals surface area contributed by atoms with Gasteiger partial charge in [-0.3, -0.25) is 19.9 Å². The van der Waals surface area contributed by atoms with Gasteiger partial charge in [0.25, 0.3) is 5.69 Å². The third-order valence-corrected chi connectivity index (χ3v) is 4.59. The lowest BCUT2D eigenvalue weighted by molar-refractivity contribution is -0.383. The van der Waals surface area contributed by atoms with E-state index in [-0.39, 0.29) is 11.6 Å². The number of aromatic nitrogens is 1. The highest BCUT2D eigenvalue weighted by molar-refractivity contribution is 8.00. The van der Waals surface area contributed by atoms with Gasteiger partial charge < -0.3 is 5.11 Å². The lowest BCUT2D eigenvalue weighted by Gasteiger charge is -2.16. The summed E-state index contributed by atoms with van der Waals surface area (Å²) >= 11 is 1.17. The summed E-state index contributed by atoms with van der Waals surface area (Å²) in [5, 5.41) is 20.1. The van der Waals surface area contributed by atoms with Crippen molar-refractivity contribution >= 4 is 34.3 Å². The zero-order valence-electron chi connectivity index (χ0n) is 11.5. The number of nitro benzene ring substituents is 1. The van der Waals surface area contributed by atoms with Crippen LogP contribution in [0.3, 0.4) is 0 Å². The largest absolute Gasteiger partial charge is 0.480 e. The molecular formula is C14H14N2O4S. The number of carbonyl (C=O) groups is 1. The molecule has 0 spiro atoms. The highest BCUT2D eigenvalue weighted by Gasteiger charge is 2.25. The zero-order valence-corrected chi connectivity index (χ0v) is 12.3. The number of thioether (sulfide) groups is 1. The van der Waals surface area contributed by atoms with Crippen LogP contribution < -0.4 is 0 Å². The van der Waals surface area contributed by atoms with Crippen molar-refractivity contribution in [1.29, 1.82) is 0 Å². The Bertz CT molecular complexity index is 702. The first kappa shape index (κ1) is 15.2. The van der Waals surface area contributed by atoms with E-state index < -0.39 is 16.1 Å². The van der Waals surface area contributed by atoms with E-state index in [1.807, 2.05) is 13.8 Å². The maximum atomic E-state index is 11.3. The summed E-state index contributed by atoms with van der Waals surface area (Å²) in [5.74, 6) is -0.973. The molecular weight excluding hydrogens is 292 g/mol. The van der Waals surface area contributed by atoms with E-state index in [1.54, 1.807) is 24.4 Å². The van der Waals surface area contributed by atoms with Crippen LogP contribution in [-0.2, 0) is 4.79 Å². The predicted octanol–water partition coefficient (Wildman–Crippen LogP) is 3.34. The Kier molecular flexibility index (Phi) is 4.42. The van der Waals surface area contributed by atoms with Gasteiger partial charge in [-0.2, -0.15) is 0 Å². The van der Waals surface area contributed by atoms with Gasteiger partial charge in [0.2, 0.25) is 0 Å². The van der Waals surface area contributed by atoms with Gasteiger partial charge in [0, 0.05) is 17.2 Å². The van der Waals surface area contributed by atoms with E-state index >= 15 is 0 Å². The summed E-state index contributed by atoms with van der Waals surface area (Å²) in [4.78, 5) is 26.7.